The van der Waals surface area contributed by atoms with Crippen LogP contribution in [0.4, 0.5) is 0 Å². The Kier molecular flexibility index (Phi) is 3.27. The van der Waals surface area contributed by atoms with Gasteiger partial charge >= 0.3 is 5.97 Å². The van der Waals surface area contributed by atoms with E-state index in [0.717, 1.165) is 5.56 Å². The van der Waals surface area contributed by atoms with E-state index in [4.69, 9.17) is 11.6 Å². The minimum Gasteiger partial charge on any atom is -0.508 e. The molecule has 3 aromatic rings. The molecular formula is C15H11ClN2O3. The van der Waals surface area contributed by atoms with Crippen LogP contribution >= 0.6 is 11.6 Å². The highest BCUT2D eigenvalue weighted by Crippen LogP contribution is 2.24. The molecule has 0 aliphatic carbocycles. The van der Waals surface area contributed by atoms with E-state index in [1.54, 1.807) is 22.9 Å². The third kappa shape index (κ3) is 2.55. The van der Waals surface area contributed by atoms with Crippen LogP contribution in [-0.4, -0.2) is 26.0 Å². The lowest BCUT2D eigenvalue weighted by molar-refractivity contribution is 0.0691. The van der Waals surface area contributed by atoms with Crippen molar-refractivity contribution < 1.29 is 15.0 Å². The number of aromatic nitrogens is 2. The molecule has 0 aliphatic rings. The van der Waals surface area contributed by atoms with E-state index in [-0.39, 0.29) is 11.4 Å². The second kappa shape index (κ2) is 5.10. The zero-order valence-electron chi connectivity index (χ0n) is 10.8. The molecule has 0 atom stereocenters. The lowest BCUT2D eigenvalue weighted by Crippen LogP contribution is -2.04. The molecule has 0 saturated heterocycles. The van der Waals surface area contributed by atoms with Crippen molar-refractivity contribution in [2.45, 2.75) is 6.54 Å². The number of carboxylic acid groups (broad SMARTS) is 1. The quantitative estimate of drug-likeness (QED) is 0.779. The van der Waals surface area contributed by atoms with Gasteiger partial charge < -0.3 is 10.2 Å². The molecule has 0 spiro atoms. The molecule has 0 aliphatic heterocycles. The SMILES string of the molecule is O=C(O)c1nn(Cc2ccc(Cl)cc2)c2ccc(O)cc12. The van der Waals surface area contributed by atoms with Crippen molar-refractivity contribution in [1.82, 2.24) is 9.78 Å². The van der Waals surface area contributed by atoms with Crippen LogP contribution in [0.2, 0.25) is 5.02 Å². The predicted octanol–water partition coefficient (Wildman–Crippen LogP) is 3.14. The van der Waals surface area contributed by atoms with E-state index in [1.165, 1.54) is 12.1 Å². The van der Waals surface area contributed by atoms with Gasteiger partial charge in [0.25, 0.3) is 0 Å². The Hall–Kier alpha value is -2.53. The number of rotatable bonds is 3. The van der Waals surface area contributed by atoms with Crippen molar-refractivity contribution in [2.75, 3.05) is 0 Å². The molecule has 1 heterocycles. The maximum Gasteiger partial charge on any atom is 0.357 e. The van der Waals surface area contributed by atoms with Crippen LogP contribution in [0.25, 0.3) is 10.9 Å². The lowest BCUT2D eigenvalue weighted by Gasteiger charge is -2.04. The minimum atomic E-state index is -1.12. The molecule has 21 heavy (non-hydrogen) atoms. The van der Waals surface area contributed by atoms with Crippen molar-refractivity contribution in [2.24, 2.45) is 0 Å². The van der Waals surface area contributed by atoms with Crippen molar-refractivity contribution in [3.05, 3.63) is 58.7 Å². The summed E-state index contributed by atoms with van der Waals surface area (Å²) >= 11 is 5.84. The lowest BCUT2D eigenvalue weighted by atomic mass is 10.2. The van der Waals surface area contributed by atoms with Gasteiger partial charge in [-0.25, -0.2) is 4.79 Å². The third-order valence-corrected chi connectivity index (χ3v) is 3.43. The maximum atomic E-state index is 11.3. The van der Waals surface area contributed by atoms with E-state index in [1.807, 2.05) is 12.1 Å². The van der Waals surface area contributed by atoms with Gasteiger partial charge in [-0.2, -0.15) is 5.10 Å². The summed E-state index contributed by atoms with van der Waals surface area (Å²) in [6.45, 7) is 0.422. The Morgan fingerprint density at radius 2 is 1.90 bits per heavy atom. The largest absolute Gasteiger partial charge is 0.508 e. The normalized spacial score (nSPS) is 10.9. The Balaban J connectivity index is 2.10. The van der Waals surface area contributed by atoms with Gasteiger partial charge in [-0.3, -0.25) is 4.68 Å². The fourth-order valence-corrected chi connectivity index (χ4v) is 2.33. The fraction of sp³-hybridized carbons (Fsp3) is 0.0667. The molecule has 0 unspecified atom stereocenters. The number of phenolic OH excluding ortho intramolecular Hbond substituents is 1. The summed E-state index contributed by atoms with van der Waals surface area (Å²) in [5.74, 6) is -1.11. The summed E-state index contributed by atoms with van der Waals surface area (Å²) in [5, 5.41) is 23.9. The van der Waals surface area contributed by atoms with Crippen LogP contribution in [0, 0.1) is 0 Å². The molecule has 0 fully saturated rings. The smallest absolute Gasteiger partial charge is 0.357 e. The molecule has 6 heteroatoms. The molecular weight excluding hydrogens is 292 g/mol. The minimum absolute atomic E-state index is 0.0102. The highest BCUT2D eigenvalue weighted by molar-refractivity contribution is 6.30. The average molecular weight is 303 g/mol. The highest BCUT2D eigenvalue weighted by Gasteiger charge is 2.16. The zero-order valence-corrected chi connectivity index (χ0v) is 11.6. The van der Waals surface area contributed by atoms with Crippen LogP contribution in [0.3, 0.4) is 0 Å². The standard InChI is InChI=1S/C15H11ClN2O3/c16-10-3-1-9(2-4-10)8-18-13-6-5-11(19)7-12(13)14(17-18)15(20)21/h1-7,19H,8H2,(H,20,21). The number of fused-ring (bicyclic) bond motifs is 1. The Morgan fingerprint density at radius 3 is 2.57 bits per heavy atom. The molecule has 106 valence electrons. The molecule has 0 bridgehead atoms. The number of nitrogens with zero attached hydrogens (tertiary/aromatic N) is 2. The highest BCUT2D eigenvalue weighted by atomic mass is 35.5. The van der Waals surface area contributed by atoms with Gasteiger partial charge in [0.05, 0.1) is 12.1 Å². The summed E-state index contributed by atoms with van der Waals surface area (Å²) in [6.07, 6.45) is 0. The monoisotopic (exact) mass is 302 g/mol. The van der Waals surface area contributed by atoms with E-state index >= 15 is 0 Å². The third-order valence-electron chi connectivity index (χ3n) is 3.18. The second-order valence-corrected chi connectivity index (χ2v) is 5.08. The first-order valence-corrected chi connectivity index (χ1v) is 6.59. The molecule has 2 aromatic carbocycles. The van der Waals surface area contributed by atoms with E-state index in [2.05, 4.69) is 5.10 Å². The molecule has 0 radical (unpaired) electrons. The second-order valence-electron chi connectivity index (χ2n) is 4.64. The van der Waals surface area contributed by atoms with Gasteiger partial charge in [0.2, 0.25) is 0 Å². The molecule has 2 N–H and O–H groups in total. The van der Waals surface area contributed by atoms with Crippen molar-refractivity contribution in [3.63, 3.8) is 0 Å². The predicted molar refractivity (Wildman–Crippen MR) is 78.9 cm³/mol. The van der Waals surface area contributed by atoms with Crippen LogP contribution in [-0.2, 0) is 6.54 Å². The first kappa shape index (κ1) is 13.5. The van der Waals surface area contributed by atoms with Gasteiger partial charge in [0.15, 0.2) is 5.69 Å². The molecule has 5 nitrogen and oxygen atoms in total. The van der Waals surface area contributed by atoms with Crippen LogP contribution in [0.1, 0.15) is 16.1 Å². The van der Waals surface area contributed by atoms with Gasteiger partial charge in [0, 0.05) is 10.4 Å². The molecule has 0 saturated carbocycles. The number of hydrogen-bond donors (Lipinski definition) is 2. The Bertz CT molecular complexity index is 825. The summed E-state index contributed by atoms with van der Waals surface area (Å²) in [7, 11) is 0. The number of aromatic hydroxyl groups is 1. The van der Waals surface area contributed by atoms with Crippen molar-refractivity contribution >= 4 is 28.5 Å². The van der Waals surface area contributed by atoms with Crippen LogP contribution < -0.4 is 0 Å². The zero-order chi connectivity index (χ0) is 15.0. The van der Waals surface area contributed by atoms with Crippen molar-refractivity contribution in [3.8, 4) is 5.75 Å². The Labute approximate surface area is 125 Å². The van der Waals surface area contributed by atoms with E-state index in [0.29, 0.717) is 22.5 Å². The Morgan fingerprint density at radius 1 is 1.19 bits per heavy atom. The maximum absolute atomic E-state index is 11.3. The first-order valence-electron chi connectivity index (χ1n) is 6.22. The van der Waals surface area contributed by atoms with Crippen LogP contribution in [0.5, 0.6) is 5.75 Å². The first-order chi connectivity index (χ1) is 10.0. The summed E-state index contributed by atoms with van der Waals surface area (Å²) in [6, 6.07) is 11.8. The number of carboxylic acids is 1. The van der Waals surface area contributed by atoms with Gasteiger partial charge in [-0.15, -0.1) is 0 Å². The summed E-state index contributed by atoms with van der Waals surface area (Å²) in [5.41, 5.74) is 1.53. The van der Waals surface area contributed by atoms with Crippen LogP contribution in [0.15, 0.2) is 42.5 Å². The topological polar surface area (TPSA) is 75.3 Å². The number of phenols is 1. The summed E-state index contributed by atoms with van der Waals surface area (Å²) in [4.78, 5) is 11.3. The molecule has 0 amide bonds. The number of carbonyl (C=O) groups is 1. The number of halogens is 1. The van der Waals surface area contributed by atoms with Gasteiger partial charge in [0.1, 0.15) is 5.75 Å². The van der Waals surface area contributed by atoms with Gasteiger partial charge in [-0.1, -0.05) is 23.7 Å². The number of aromatic carboxylic acids is 1. The van der Waals surface area contributed by atoms with Gasteiger partial charge in [-0.05, 0) is 35.9 Å². The van der Waals surface area contributed by atoms with Crippen molar-refractivity contribution in [1.29, 1.82) is 0 Å². The summed E-state index contributed by atoms with van der Waals surface area (Å²) < 4.78 is 1.60. The fourth-order valence-electron chi connectivity index (χ4n) is 2.21. The number of hydrogen-bond acceptors (Lipinski definition) is 3. The molecule has 1 aromatic heterocycles. The van der Waals surface area contributed by atoms with E-state index in [9.17, 15) is 15.0 Å². The molecule has 3 rings (SSSR count). The number of benzene rings is 2. The van der Waals surface area contributed by atoms with E-state index < -0.39 is 5.97 Å². The average Bonchev–Trinajstić information content (AvgIpc) is 2.79.